The summed E-state index contributed by atoms with van der Waals surface area (Å²) in [5, 5.41) is 6.19. The zero-order valence-electron chi connectivity index (χ0n) is 18.5. The molecular weight excluding hydrogens is 425 g/mol. The molecule has 0 aliphatic heterocycles. The number of rotatable bonds is 10. The standard InChI is InChI=1S/C26H31Cl2N3/c1-4-31(5-2)16-8-9-19(3)29-26-18-22(14-12-20-10-6-7-11-24(20)28)30-25-17-21(27)13-15-23(25)26/h6-7,10-15,17-19H,4-5,8-9,16H2,1-3H3,(H,29,30)/b14-12-/t19-/m0/s1. The fourth-order valence-electron chi connectivity index (χ4n) is 3.71. The fourth-order valence-corrected chi connectivity index (χ4v) is 4.08. The van der Waals surface area contributed by atoms with E-state index in [4.69, 9.17) is 28.2 Å². The predicted molar refractivity (Wildman–Crippen MR) is 137 cm³/mol. The van der Waals surface area contributed by atoms with Gasteiger partial charge in [-0.15, -0.1) is 0 Å². The molecule has 3 aromatic rings. The molecule has 0 amide bonds. The van der Waals surface area contributed by atoms with Crippen molar-refractivity contribution in [1.29, 1.82) is 0 Å². The molecule has 3 rings (SSSR count). The van der Waals surface area contributed by atoms with Gasteiger partial charge in [-0.3, -0.25) is 0 Å². The number of hydrogen-bond donors (Lipinski definition) is 1. The molecule has 1 heterocycles. The van der Waals surface area contributed by atoms with Gasteiger partial charge in [0.15, 0.2) is 0 Å². The van der Waals surface area contributed by atoms with Gasteiger partial charge in [-0.05, 0) is 81.4 Å². The normalized spacial score (nSPS) is 12.7. The van der Waals surface area contributed by atoms with Crippen LogP contribution >= 0.6 is 23.2 Å². The lowest BCUT2D eigenvalue weighted by atomic mass is 10.1. The third-order valence-corrected chi connectivity index (χ3v) is 6.12. The van der Waals surface area contributed by atoms with E-state index >= 15 is 0 Å². The molecule has 0 saturated heterocycles. The average Bonchev–Trinajstić information content (AvgIpc) is 2.76. The topological polar surface area (TPSA) is 28.2 Å². The number of nitrogens with zero attached hydrogens (tertiary/aromatic N) is 2. The van der Waals surface area contributed by atoms with E-state index in [0.717, 1.165) is 58.9 Å². The molecule has 0 unspecified atom stereocenters. The Hall–Kier alpha value is -2.07. The van der Waals surface area contributed by atoms with E-state index in [2.05, 4.69) is 37.1 Å². The van der Waals surface area contributed by atoms with Gasteiger partial charge in [0.1, 0.15) is 0 Å². The van der Waals surface area contributed by atoms with Crippen LogP contribution in [0.2, 0.25) is 10.0 Å². The smallest absolute Gasteiger partial charge is 0.0744 e. The predicted octanol–water partition coefficient (Wildman–Crippen LogP) is 7.63. The first-order valence-electron chi connectivity index (χ1n) is 11.0. The van der Waals surface area contributed by atoms with Crippen molar-refractivity contribution < 1.29 is 0 Å². The van der Waals surface area contributed by atoms with Crippen LogP contribution in [0.3, 0.4) is 0 Å². The van der Waals surface area contributed by atoms with Crippen LogP contribution < -0.4 is 5.32 Å². The van der Waals surface area contributed by atoms with E-state index in [-0.39, 0.29) is 0 Å². The second-order valence-corrected chi connectivity index (χ2v) is 8.67. The summed E-state index contributed by atoms with van der Waals surface area (Å²) in [4.78, 5) is 7.26. The summed E-state index contributed by atoms with van der Waals surface area (Å²) in [5.74, 6) is 0. The van der Waals surface area contributed by atoms with E-state index in [9.17, 15) is 0 Å². The summed E-state index contributed by atoms with van der Waals surface area (Å²) >= 11 is 12.5. The van der Waals surface area contributed by atoms with Crippen LogP contribution in [0.25, 0.3) is 23.1 Å². The summed E-state index contributed by atoms with van der Waals surface area (Å²) in [7, 11) is 0. The van der Waals surface area contributed by atoms with Gasteiger partial charge in [0.05, 0.1) is 11.2 Å². The van der Waals surface area contributed by atoms with Crippen molar-refractivity contribution in [3.8, 4) is 0 Å². The van der Waals surface area contributed by atoms with Crippen LogP contribution in [0.1, 0.15) is 44.9 Å². The Bertz CT molecular complexity index is 1030. The molecule has 0 aliphatic rings. The molecule has 0 fully saturated rings. The molecule has 1 atom stereocenters. The molecule has 1 aromatic heterocycles. The molecule has 0 aliphatic carbocycles. The minimum absolute atomic E-state index is 0.359. The first-order valence-corrected chi connectivity index (χ1v) is 11.8. The molecular formula is C26H31Cl2N3. The van der Waals surface area contributed by atoms with Gasteiger partial charge in [-0.1, -0.05) is 61.3 Å². The minimum atomic E-state index is 0.359. The third kappa shape index (κ3) is 6.70. The zero-order chi connectivity index (χ0) is 22.2. The van der Waals surface area contributed by atoms with Crippen molar-refractivity contribution in [3.05, 3.63) is 69.8 Å². The molecule has 0 saturated carbocycles. The van der Waals surface area contributed by atoms with Crippen LogP contribution in [-0.4, -0.2) is 35.6 Å². The monoisotopic (exact) mass is 455 g/mol. The highest BCUT2D eigenvalue weighted by Crippen LogP contribution is 2.28. The molecule has 0 bridgehead atoms. The van der Waals surface area contributed by atoms with Crippen LogP contribution in [-0.2, 0) is 0 Å². The number of hydrogen-bond acceptors (Lipinski definition) is 3. The lowest BCUT2D eigenvalue weighted by Crippen LogP contribution is -2.25. The van der Waals surface area contributed by atoms with E-state index in [0.29, 0.717) is 11.1 Å². The first kappa shape index (κ1) is 23.6. The number of fused-ring (bicyclic) bond motifs is 1. The lowest BCUT2D eigenvalue weighted by Gasteiger charge is -2.21. The molecule has 3 nitrogen and oxygen atoms in total. The Kier molecular flexibility index (Phi) is 8.77. The van der Waals surface area contributed by atoms with E-state index < -0.39 is 0 Å². The number of pyridine rings is 1. The minimum Gasteiger partial charge on any atom is -0.382 e. The van der Waals surface area contributed by atoms with Crippen molar-refractivity contribution in [1.82, 2.24) is 9.88 Å². The highest BCUT2D eigenvalue weighted by Gasteiger charge is 2.10. The summed E-state index contributed by atoms with van der Waals surface area (Å²) in [6.45, 7) is 10.0. The Morgan fingerprint density at radius 2 is 1.81 bits per heavy atom. The van der Waals surface area contributed by atoms with Gasteiger partial charge >= 0.3 is 0 Å². The van der Waals surface area contributed by atoms with Gasteiger partial charge in [-0.25, -0.2) is 4.98 Å². The van der Waals surface area contributed by atoms with Crippen LogP contribution in [0.5, 0.6) is 0 Å². The van der Waals surface area contributed by atoms with Gasteiger partial charge in [-0.2, -0.15) is 0 Å². The average molecular weight is 456 g/mol. The van der Waals surface area contributed by atoms with Crippen molar-refractivity contribution in [2.45, 2.75) is 39.7 Å². The lowest BCUT2D eigenvalue weighted by molar-refractivity contribution is 0.295. The van der Waals surface area contributed by atoms with E-state index in [1.807, 2.05) is 54.6 Å². The van der Waals surface area contributed by atoms with Crippen molar-refractivity contribution in [2.75, 3.05) is 25.0 Å². The molecule has 31 heavy (non-hydrogen) atoms. The van der Waals surface area contributed by atoms with Crippen LogP contribution in [0.15, 0.2) is 48.5 Å². The van der Waals surface area contributed by atoms with E-state index in [1.54, 1.807) is 0 Å². The van der Waals surface area contributed by atoms with Gasteiger partial charge in [0.2, 0.25) is 0 Å². The Morgan fingerprint density at radius 1 is 1.03 bits per heavy atom. The number of anilines is 1. The number of nitrogens with one attached hydrogen (secondary N) is 1. The first-order chi connectivity index (χ1) is 15.0. The second-order valence-electron chi connectivity index (χ2n) is 7.83. The number of benzene rings is 2. The highest BCUT2D eigenvalue weighted by molar-refractivity contribution is 6.32. The number of halogens is 2. The Labute approximate surface area is 196 Å². The molecule has 5 heteroatoms. The molecule has 0 radical (unpaired) electrons. The summed E-state index contributed by atoms with van der Waals surface area (Å²) in [6, 6.07) is 16.1. The van der Waals surface area contributed by atoms with Crippen molar-refractivity contribution in [2.24, 2.45) is 0 Å². The summed E-state index contributed by atoms with van der Waals surface area (Å²) in [5.41, 5.74) is 3.80. The van der Waals surface area contributed by atoms with Gasteiger partial charge in [0, 0.05) is 27.2 Å². The van der Waals surface area contributed by atoms with Gasteiger partial charge < -0.3 is 10.2 Å². The third-order valence-electron chi connectivity index (χ3n) is 5.54. The van der Waals surface area contributed by atoms with Crippen LogP contribution in [0, 0.1) is 0 Å². The zero-order valence-corrected chi connectivity index (χ0v) is 20.0. The maximum Gasteiger partial charge on any atom is 0.0744 e. The fraction of sp³-hybridized carbons (Fsp3) is 0.346. The maximum absolute atomic E-state index is 6.29. The largest absolute Gasteiger partial charge is 0.382 e. The maximum atomic E-state index is 6.29. The molecule has 164 valence electrons. The Morgan fingerprint density at radius 3 is 2.55 bits per heavy atom. The highest BCUT2D eigenvalue weighted by atomic mass is 35.5. The quantitative estimate of drug-likeness (QED) is 0.340. The molecule has 2 aromatic carbocycles. The van der Waals surface area contributed by atoms with E-state index in [1.165, 1.54) is 6.42 Å². The second kappa shape index (κ2) is 11.5. The Balaban J connectivity index is 1.81. The summed E-state index contributed by atoms with van der Waals surface area (Å²) in [6.07, 6.45) is 6.28. The molecule has 0 spiro atoms. The van der Waals surface area contributed by atoms with Crippen LogP contribution in [0.4, 0.5) is 5.69 Å². The summed E-state index contributed by atoms with van der Waals surface area (Å²) < 4.78 is 0. The molecule has 1 N–H and O–H groups in total. The van der Waals surface area contributed by atoms with Gasteiger partial charge in [0.25, 0.3) is 0 Å². The van der Waals surface area contributed by atoms with Crippen molar-refractivity contribution in [3.63, 3.8) is 0 Å². The van der Waals surface area contributed by atoms with Crippen molar-refractivity contribution >= 4 is 51.9 Å². The number of aromatic nitrogens is 1. The SMILES string of the molecule is CCN(CC)CCC[C@H](C)Nc1cc(/C=C\c2ccccc2Cl)nc2cc(Cl)ccc12.